The highest BCUT2D eigenvalue weighted by Gasteiger charge is 2.21. The maximum Gasteiger partial charge on any atom is 0.137 e. The molecule has 18 aromatic rings. The lowest BCUT2D eigenvalue weighted by Gasteiger charge is -2.27. The molecule has 0 fully saturated rings. The van der Waals surface area contributed by atoms with E-state index in [0.29, 0.717) is 0 Å². The van der Waals surface area contributed by atoms with Crippen LogP contribution >= 0.6 is 38.6 Å². The second-order valence-electron chi connectivity index (χ2n) is 21.7. The average Bonchev–Trinajstić information content (AvgIpc) is 1.96. The van der Waals surface area contributed by atoms with Gasteiger partial charge in [0.2, 0.25) is 0 Å². The van der Waals surface area contributed by atoms with E-state index in [1.54, 1.807) is 0 Å². The van der Waals surface area contributed by atoms with Crippen molar-refractivity contribution >= 4 is 173 Å². The Kier molecular flexibility index (Phi) is 13.4. The number of hydrogen-bond donors (Lipinski definition) is 1. The number of hydrogen-bond acceptors (Lipinski definition) is 6. The lowest BCUT2D eigenvalue weighted by Crippen LogP contribution is -2.10. The van der Waals surface area contributed by atoms with Crippen molar-refractivity contribution in [2.24, 2.45) is 0 Å². The standard InChI is InChI=1S/C40H25NOS.C24H17NO.C16H9BrS/c1-2-10-26(11-3-1)27-18-20-28(21-19-27)41(29-22-23-32-31-13-6-8-16-37(31)42-38(32)24-29)36-25-35-33-14-7-9-17-39(33)43-40(35)34-15-5-4-12-30(34)36;1-2-6-17(7-3-1)18-10-12-19(13-11-18)25-20-14-15-22-21-8-4-5-9-23(21)26-24(22)16-20;17-14-9-13-11-6-3-4-8-15(11)18-16(13)12-7-2-1-5-10(12)14/h1-25H;1-16,25H;1-9H. The summed E-state index contributed by atoms with van der Waals surface area (Å²) in [4.78, 5) is 2.38. The first-order valence-corrected chi connectivity index (χ1v) is 31.5. The average molecular weight is 1220 g/mol. The summed E-state index contributed by atoms with van der Waals surface area (Å²) in [5.74, 6) is 0. The van der Waals surface area contributed by atoms with Crippen LogP contribution in [0.25, 0.3) is 128 Å². The van der Waals surface area contributed by atoms with E-state index in [0.717, 1.165) is 72.3 Å². The Morgan fingerprint density at radius 1 is 0.276 bits per heavy atom. The SMILES string of the molecule is Brc1cc2c3ccccc3sc2c2ccccc12.c1ccc(-c2ccc(N(c3ccc4c(c3)oc3ccccc34)c3cc4c5ccccc5sc4c4ccccc34)cc2)cc1.c1ccc(-c2ccc(Nc3ccc4c(c3)oc3ccccc34)cc2)cc1. The van der Waals surface area contributed by atoms with Crippen LogP contribution in [0.5, 0.6) is 0 Å². The Morgan fingerprint density at radius 2 is 0.678 bits per heavy atom. The Balaban J connectivity index is 0.000000117. The number of benzene rings is 14. The molecular weight excluding hydrogens is 1160 g/mol. The summed E-state index contributed by atoms with van der Waals surface area (Å²) in [7, 11) is 0. The van der Waals surface area contributed by atoms with E-state index in [1.165, 1.54) is 88.6 Å². The van der Waals surface area contributed by atoms with Gasteiger partial charge in [-0.1, -0.05) is 222 Å². The highest BCUT2D eigenvalue weighted by Crippen LogP contribution is 2.48. The molecule has 7 heteroatoms. The third kappa shape index (κ3) is 9.72. The highest BCUT2D eigenvalue weighted by atomic mass is 79.9. The minimum absolute atomic E-state index is 0.885. The van der Waals surface area contributed by atoms with Gasteiger partial charge in [0.25, 0.3) is 0 Å². The smallest absolute Gasteiger partial charge is 0.137 e. The van der Waals surface area contributed by atoms with Gasteiger partial charge in [-0.3, -0.25) is 0 Å². The van der Waals surface area contributed by atoms with E-state index >= 15 is 0 Å². The van der Waals surface area contributed by atoms with Gasteiger partial charge in [-0.25, -0.2) is 0 Å². The van der Waals surface area contributed by atoms with Gasteiger partial charge in [-0.2, -0.15) is 0 Å². The van der Waals surface area contributed by atoms with Crippen LogP contribution in [-0.2, 0) is 0 Å². The van der Waals surface area contributed by atoms with E-state index < -0.39 is 0 Å². The largest absolute Gasteiger partial charge is 0.456 e. The minimum Gasteiger partial charge on any atom is -0.456 e. The number of anilines is 5. The van der Waals surface area contributed by atoms with E-state index in [4.69, 9.17) is 8.83 Å². The summed E-state index contributed by atoms with van der Waals surface area (Å²) in [5, 5.41) is 18.4. The van der Waals surface area contributed by atoms with Crippen LogP contribution < -0.4 is 10.2 Å². The maximum atomic E-state index is 6.37. The van der Waals surface area contributed by atoms with Gasteiger partial charge in [-0.15, -0.1) is 22.7 Å². The molecule has 14 aromatic carbocycles. The monoisotopic (exact) mass is 1210 g/mol. The van der Waals surface area contributed by atoms with Crippen molar-refractivity contribution in [2.45, 2.75) is 0 Å². The molecule has 0 amide bonds. The molecule has 412 valence electrons. The van der Waals surface area contributed by atoms with Gasteiger partial charge < -0.3 is 19.1 Å². The first-order chi connectivity index (χ1) is 43.0. The van der Waals surface area contributed by atoms with Gasteiger partial charge in [-0.05, 0) is 113 Å². The molecule has 0 bridgehead atoms. The van der Waals surface area contributed by atoms with E-state index in [-0.39, 0.29) is 0 Å². The molecule has 0 radical (unpaired) electrons. The Morgan fingerprint density at radius 3 is 1.26 bits per heavy atom. The summed E-state index contributed by atoms with van der Waals surface area (Å²) in [6.45, 7) is 0. The molecular formula is C80H51BrN2O2S2. The topological polar surface area (TPSA) is 41.6 Å². The van der Waals surface area contributed by atoms with Crippen LogP contribution in [0, 0.1) is 0 Å². The molecule has 0 saturated carbocycles. The second kappa shape index (κ2) is 22.3. The zero-order valence-electron chi connectivity index (χ0n) is 46.8. The number of rotatable bonds is 7. The first kappa shape index (κ1) is 52.3. The van der Waals surface area contributed by atoms with Gasteiger partial charge in [0.1, 0.15) is 22.3 Å². The molecule has 0 saturated heterocycles. The van der Waals surface area contributed by atoms with Crippen LogP contribution in [0.4, 0.5) is 28.4 Å². The first-order valence-electron chi connectivity index (χ1n) is 29.1. The summed E-state index contributed by atoms with van der Waals surface area (Å²) in [6, 6.07) is 107. The van der Waals surface area contributed by atoms with Crippen molar-refractivity contribution in [3.8, 4) is 22.3 Å². The highest BCUT2D eigenvalue weighted by molar-refractivity contribution is 9.10. The van der Waals surface area contributed by atoms with Crippen molar-refractivity contribution in [2.75, 3.05) is 10.2 Å². The Hall–Kier alpha value is -10.3. The normalized spacial score (nSPS) is 11.5. The fraction of sp³-hybridized carbons (Fsp3) is 0. The van der Waals surface area contributed by atoms with E-state index in [2.05, 4.69) is 293 Å². The number of fused-ring (bicyclic) bond motifs is 16. The molecule has 0 aliphatic heterocycles. The van der Waals surface area contributed by atoms with Crippen molar-refractivity contribution in [1.82, 2.24) is 0 Å². The maximum absolute atomic E-state index is 6.37. The number of nitrogens with zero attached hydrogens (tertiary/aromatic N) is 1. The van der Waals surface area contributed by atoms with Gasteiger partial charge in [0.05, 0.1) is 5.69 Å². The Labute approximate surface area is 518 Å². The number of nitrogens with one attached hydrogen (secondary N) is 1. The summed E-state index contributed by atoms with van der Waals surface area (Å²) in [6.07, 6.45) is 0. The van der Waals surface area contributed by atoms with Crippen LogP contribution in [0.15, 0.2) is 317 Å². The van der Waals surface area contributed by atoms with E-state index in [9.17, 15) is 0 Å². The van der Waals surface area contributed by atoms with Crippen molar-refractivity contribution in [3.05, 3.63) is 308 Å². The molecule has 18 rings (SSSR count). The third-order valence-electron chi connectivity index (χ3n) is 16.5. The van der Waals surface area contributed by atoms with Crippen molar-refractivity contribution < 1.29 is 8.83 Å². The minimum atomic E-state index is 0.885. The molecule has 87 heavy (non-hydrogen) atoms. The summed E-state index contributed by atoms with van der Waals surface area (Å²) >= 11 is 7.45. The third-order valence-corrected chi connectivity index (χ3v) is 19.5. The molecule has 0 aliphatic rings. The van der Waals surface area contributed by atoms with Crippen LogP contribution in [0.2, 0.25) is 0 Å². The predicted molar refractivity (Wildman–Crippen MR) is 378 cm³/mol. The van der Waals surface area contributed by atoms with Gasteiger partial charge >= 0.3 is 0 Å². The fourth-order valence-electron chi connectivity index (χ4n) is 12.3. The molecule has 1 N–H and O–H groups in total. The number of thiophene rings is 2. The zero-order valence-corrected chi connectivity index (χ0v) is 50.0. The molecule has 4 aromatic heterocycles. The molecule has 4 nitrogen and oxygen atoms in total. The predicted octanol–water partition coefficient (Wildman–Crippen LogP) is 25.2. The molecule has 0 spiro atoms. The zero-order chi connectivity index (χ0) is 57.8. The quantitative estimate of drug-likeness (QED) is 0.173. The summed E-state index contributed by atoms with van der Waals surface area (Å²) in [5.41, 5.74) is 13.8. The van der Waals surface area contributed by atoms with Gasteiger partial charge in [0, 0.05) is 117 Å². The lowest BCUT2D eigenvalue weighted by molar-refractivity contribution is 0.668. The van der Waals surface area contributed by atoms with Crippen LogP contribution in [0.1, 0.15) is 0 Å². The van der Waals surface area contributed by atoms with E-state index in [1.807, 2.05) is 59.1 Å². The van der Waals surface area contributed by atoms with Gasteiger partial charge in [0.15, 0.2) is 0 Å². The lowest BCUT2D eigenvalue weighted by atomic mass is 10.0. The Bertz CT molecular complexity index is 5570. The molecule has 0 unspecified atom stereocenters. The second-order valence-corrected chi connectivity index (χ2v) is 24.7. The number of furan rings is 2. The summed E-state index contributed by atoms with van der Waals surface area (Å²) < 4.78 is 18.9. The molecule has 4 heterocycles. The number of halogens is 1. The fourth-order valence-corrected chi connectivity index (χ4v) is 15.3. The van der Waals surface area contributed by atoms with Crippen molar-refractivity contribution in [3.63, 3.8) is 0 Å². The van der Waals surface area contributed by atoms with Crippen LogP contribution in [-0.4, -0.2) is 0 Å². The van der Waals surface area contributed by atoms with Crippen LogP contribution in [0.3, 0.4) is 0 Å². The number of para-hydroxylation sites is 2. The molecule has 0 atom stereocenters. The van der Waals surface area contributed by atoms with Crippen molar-refractivity contribution in [1.29, 1.82) is 0 Å². The molecule has 0 aliphatic carbocycles.